The minimum Gasteiger partial charge on any atom is -0.483 e. The molecule has 3 atom stereocenters. The van der Waals surface area contributed by atoms with Crippen molar-refractivity contribution in [3.8, 4) is 5.75 Å². The first-order chi connectivity index (χ1) is 20.2. The minimum atomic E-state index is -0.790. The van der Waals surface area contributed by atoms with Crippen molar-refractivity contribution in [1.82, 2.24) is 25.3 Å². The smallest absolute Gasteiger partial charge is 0.258 e. The summed E-state index contributed by atoms with van der Waals surface area (Å²) in [4.78, 5) is 59.7. The molecule has 3 aliphatic rings. The van der Waals surface area contributed by atoms with E-state index in [0.29, 0.717) is 32.5 Å². The van der Waals surface area contributed by atoms with Gasteiger partial charge >= 0.3 is 0 Å². The molecule has 2 N–H and O–H groups in total. The lowest BCUT2D eigenvalue weighted by molar-refractivity contribution is -0.147. The van der Waals surface area contributed by atoms with Gasteiger partial charge in [-0.2, -0.15) is 0 Å². The van der Waals surface area contributed by atoms with Gasteiger partial charge in [-0.15, -0.1) is 0 Å². The SMILES string of the molecule is CC(C)C[C@@H](NC(=O)c1ccccc1OCC(=O)NC1(C)CC1)C(=O)N1CCC[C@@H]1C(=O)N1CCN(C)[C@@H](C(C)(C)C)C1. The van der Waals surface area contributed by atoms with E-state index in [2.05, 4.69) is 43.4 Å². The number of ether oxygens (including phenoxy) is 1. The molecule has 4 amide bonds. The first-order valence-electron chi connectivity index (χ1n) is 15.8. The normalized spacial score (nSPS) is 22.7. The fraction of sp³-hybridized carbons (Fsp3) is 0.697. The van der Waals surface area contributed by atoms with Gasteiger partial charge in [-0.05, 0) is 69.5 Å². The zero-order chi connectivity index (χ0) is 31.5. The molecule has 1 aromatic carbocycles. The number of benzene rings is 1. The van der Waals surface area contributed by atoms with Crippen molar-refractivity contribution in [2.75, 3.05) is 39.8 Å². The maximum Gasteiger partial charge on any atom is 0.258 e. The fourth-order valence-electron chi connectivity index (χ4n) is 6.24. The summed E-state index contributed by atoms with van der Waals surface area (Å²) in [6, 6.07) is 5.66. The lowest BCUT2D eigenvalue weighted by Gasteiger charge is -2.46. The highest BCUT2D eigenvalue weighted by Crippen LogP contribution is 2.34. The largest absolute Gasteiger partial charge is 0.483 e. The Balaban J connectivity index is 1.44. The Morgan fingerprint density at radius 2 is 1.77 bits per heavy atom. The van der Waals surface area contributed by atoms with E-state index in [4.69, 9.17) is 4.74 Å². The van der Waals surface area contributed by atoms with E-state index in [1.165, 1.54) is 0 Å². The third-order valence-corrected chi connectivity index (χ3v) is 9.02. The zero-order valence-corrected chi connectivity index (χ0v) is 27.1. The highest BCUT2D eigenvalue weighted by Gasteiger charge is 2.43. The van der Waals surface area contributed by atoms with Crippen molar-refractivity contribution in [1.29, 1.82) is 0 Å². The molecular formula is C33H51N5O5. The third kappa shape index (κ3) is 8.28. The van der Waals surface area contributed by atoms with E-state index in [1.807, 2.05) is 25.7 Å². The van der Waals surface area contributed by atoms with Gasteiger partial charge in [0.15, 0.2) is 6.61 Å². The van der Waals surface area contributed by atoms with Crippen LogP contribution < -0.4 is 15.4 Å². The highest BCUT2D eigenvalue weighted by atomic mass is 16.5. The van der Waals surface area contributed by atoms with Crippen LogP contribution in [0.4, 0.5) is 0 Å². The highest BCUT2D eigenvalue weighted by molar-refractivity contribution is 6.00. The van der Waals surface area contributed by atoms with Gasteiger partial charge in [-0.3, -0.25) is 24.1 Å². The summed E-state index contributed by atoms with van der Waals surface area (Å²) in [5.41, 5.74) is 0.120. The topological polar surface area (TPSA) is 111 Å². The van der Waals surface area contributed by atoms with Crippen LogP contribution in [0.5, 0.6) is 5.75 Å². The summed E-state index contributed by atoms with van der Waals surface area (Å²) < 4.78 is 5.75. The average molecular weight is 598 g/mol. The number of likely N-dealkylation sites (N-methyl/N-ethyl adjacent to an activating group) is 1. The Hall–Kier alpha value is -3.14. The lowest BCUT2D eigenvalue weighted by Crippen LogP contribution is -2.61. The first-order valence-corrected chi connectivity index (χ1v) is 15.8. The van der Waals surface area contributed by atoms with Crippen molar-refractivity contribution in [3.63, 3.8) is 0 Å². The molecule has 1 aliphatic carbocycles. The van der Waals surface area contributed by atoms with E-state index in [1.54, 1.807) is 29.2 Å². The Labute approximate surface area is 256 Å². The second kappa shape index (κ2) is 13.2. The Morgan fingerprint density at radius 3 is 2.42 bits per heavy atom. The monoisotopic (exact) mass is 597 g/mol. The number of carbonyl (C=O) groups excluding carboxylic acids is 4. The van der Waals surface area contributed by atoms with E-state index < -0.39 is 18.0 Å². The van der Waals surface area contributed by atoms with Crippen molar-refractivity contribution in [3.05, 3.63) is 29.8 Å². The number of hydrogen-bond acceptors (Lipinski definition) is 6. The Morgan fingerprint density at radius 1 is 1.07 bits per heavy atom. The molecule has 0 aromatic heterocycles. The molecule has 238 valence electrons. The molecule has 1 saturated carbocycles. The second-order valence-corrected chi connectivity index (χ2v) is 14.4. The standard InChI is InChI=1S/C33H51N5O5/c1-22(2)19-24(34-29(40)23-11-8-9-13-26(23)43-21-28(39)35-33(6)14-15-33)30(41)38-16-10-12-25(38)31(42)37-18-17-36(7)27(20-37)32(3,4)5/h8-9,11,13,22,24-25,27H,10,12,14-21H2,1-7H3,(H,34,40)(H,35,39)/t24-,25-,27-/m1/s1. The summed E-state index contributed by atoms with van der Waals surface area (Å²) in [6.07, 6.45) is 3.70. The van der Waals surface area contributed by atoms with Gasteiger partial charge in [0.1, 0.15) is 17.8 Å². The lowest BCUT2D eigenvalue weighted by atomic mass is 9.84. The molecular weight excluding hydrogens is 546 g/mol. The number of para-hydroxylation sites is 1. The maximum atomic E-state index is 14.0. The summed E-state index contributed by atoms with van der Waals surface area (Å²) >= 11 is 0. The van der Waals surface area contributed by atoms with Crippen LogP contribution in [0.3, 0.4) is 0 Å². The van der Waals surface area contributed by atoms with Gasteiger partial charge in [0.25, 0.3) is 11.8 Å². The van der Waals surface area contributed by atoms with Crippen molar-refractivity contribution >= 4 is 23.6 Å². The van der Waals surface area contributed by atoms with E-state index in [-0.39, 0.29) is 58.6 Å². The van der Waals surface area contributed by atoms with Crippen molar-refractivity contribution in [2.45, 2.75) is 97.3 Å². The number of piperazine rings is 1. The van der Waals surface area contributed by atoms with Crippen LogP contribution in [0, 0.1) is 11.3 Å². The molecule has 2 heterocycles. The van der Waals surface area contributed by atoms with Gasteiger partial charge in [0, 0.05) is 37.8 Å². The maximum absolute atomic E-state index is 14.0. The second-order valence-electron chi connectivity index (χ2n) is 14.4. The van der Waals surface area contributed by atoms with Crippen molar-refractivity contribution < 1.29 is 23.9 Å². The number of carbonyl (C=O) groups is 4. The summed E-state index contributed by atoms with van der Waals surface area (Å²) in [5, 5.41) is 5.90. The van der Waals surface area contributed by atoms with Gasteiger partial charge < -0.3 is 25.2 Å². The molecule has 2 saturated heterocycles. The Bertz CT molecular complexity index is 1190. The molecule has 3 fully saturated rings. The van der Waals surface area contributed by atoms with Crippen LogP contribution in [0.15, 0.2) is 24.3 Å². The third-order valence-electron chi connectivity index (χ3n) is 9.02. The molecule has 0 bridgehead atoms. The number of nitrogens with zero attached hydrogens (tertiary/aromatic N) is 3. The molecule has 43 heavy (non-hydrogen) atoms. The molecule has 10 heteroatoms. The molecule has 1 aromatic rings. The zero-order valence-electron chi connectivity index (χ0n) is 27.1. The first kappa shape index (κ1) is 32.8. The van der Waals surface area contributed by atoms with Crippen LogP contribution >= 0.6 is 0 Å². The number of likely N-dealkylation sites (tertiary alicyclic amines) is 1. The van der Waals surface area contributed by atoms with E-state index >= 15 is 0 Å². The van der Waals surface area contributed by atoms with Crippen LogP contribution in [-0.4, -0.2) is 102 Å². The van der Waals surface area contributed by atoms with Gasteiger partial charge in [0.05, 0.1) is 5.56 Å². The number of hydrogen-bond donors (Lipinski definition) is 2. The van der Waals surface area contributed by atoms with Crippen LogP contribution in [0.2, 0.25) is 0 Å². The number of nitrogens with one attached hydrogen (secondary N) is 2. The van der Waals surface area contributed by atoms with Crippen LogP contribution in [0.25, 0.3) is 0 Å². The number of amides is 4. The van der Waals surface area contributed by atoms with Crippen LogP contribution in [-0.2, 0) is 14.4 Å². The van der Waals surface area contributed by atoms with Gasteiger partial charge in [-0.25, -0.2) is 0 Å². The Kier molecular flexibility index (Phi) is 10.1. The van der Waals surface area contributed by atoms with Gasteiger partial charge in [0.2, 0.25) is 11.8 Å². The summed E-state index contributed by atoms with van der Waals surface area (Å²) in [5.74, 6) is -0.491. The van der Waals surface area contributed by atoms with E-state index in [9.17, 15) is 19.2 Å². The quantitative estimate of drug-likeness (QED) is 0.429. The molecule has 4 rings (SSSR count). The predicted molar refractivity (Wildman–Crippen MR) is 166 cm³/mol. The molecule has 0 radical (unpaired) electrons. The summed E-state index contributed by atoms with van der Waals surface area (Å²) in [7, 11) is 2.11. The molecule has 2 aliphatic heterocycles. The number of rotatable bonds is 10. The molecule has 10 nitrogen and oxygen atoms in total. The van der Waals surface area contributed by atoms with E-state index in [0.717, 1.165) is 25.8 Å². The van der Waals surface area contributed by atoms with Crippen molar-refractivity contribution in [2.24, 2.45) is 11.3 Å². The van der Waals surface area contributed by atoms with Crippen LogP contribution in [0.1, 0.15) is 84.0 Å². The molecule has 0 spiro atoms. The average Bonchev–Trinajstić information content (AvgIpc) is 3.45. The fourth-order valence-corrected chi connectivity index (χ4v) is 6.24. The summed E-state index contributed by atoms with van der Waals surface area (Å²) in [6.45, 7) is 14.9. The molecule has 0 unspecified atom stereocenters. The predicted octanol–water partition coefficient (Wildman–Crippen LogP) is 3.06. The van der Waals surface area contributed by atoms with Gasteiger partial charge in [-0.1, -0.05) is 46.8 Å². The minimum absolute atomic E-state index is 0.0000903.